The summed E-state index contributed by atoms with van der Waals surface area (Å²) >= 11 is 0. The van der Waals surface area contributed by atoms with Gasteiger partial charge in [-0.1, -0.05) is 19.1 Å². The molecule has 0 amide bonds. The molecule has 102 valence electrons. The maximum Gasteiger partial charge on any atom is 0.118 e. The predicted octanol–water partition coefficient (Wildman–Crippen LogP) is 2.55. The second-order valence-corrected chi connectivity index (χ2v) is 4.51. The molecule has 0 fully saturated rings. The zero-order valence-corrected chi connectivity index (χ0v) is 11.8. The van der Waals surface area contributed by atoms with Crippen LogP contribution < -0.4 is 10.1 Å². The minimum absolute atomic E-state index is 0.281. The molecule has 4 heteroatoms. The van der Waals surface area contributed by atoms with E-state index in [0.717, 1.165) is 24.7 Å². The van der Waals surface area contributed by atoms with Crippen LogP contribution in [0.2, 0.25) is 0 Å². The largest absolute Gasteiger partial charge is 0.497 e. The molecule has 19 heavy (non-hydrogen) atoms. The molecule has 1 atom stereocenters. The zero-order valence-electron chi connectivity index (χ0n) is 11.8. The van der Waals surface area contributed by atoms with Gasteiger partial charge in [0.25, 0.3) is 0 Å². The smallest absolute Gasteiger partial charge is 0.118 e. The van der Waals surface area contributed by atoms with Gasteiger partial charge in [-0.15, -0.1) is 0 Å². The van der Waals surface area contributed by atoms with Crippen LogP contribution in [0.15, 0.2) is 36.7 Å². The van der Waals surface area contributed by atoms with Gasteiger partial charge in [-0.3, -0.25) is 0 Å². The highest BCUT2D eigenvalue weighted by molar-refractivity contribution is 5.29. The molecular weight excluding hydrogens is 238 g/mol. The number of nitrogens with one attached hydrogen (secondary N) is 1. The quantitative estimate of drug-likeness (QED) is 0.866. The van der Waals surface area contributed by atoms with Gasteiger partial charge in [0.15, 0.2) is 0 Å². The van der Waals surface area contributed by atoms with Crippen molar-refractivity contribution >= 4 is 0 Å². The normalized spacial score (nSPS) is 12.4. The molecule has 0 radical (unpaired) electrons. The first-order valence-electron chi connectivity index (χ1n) is 6.59. The number of aromatic nitrogens is 2. The predicted molar refractivity (Wildman–Crippen MR) is 76.4 cm³/mol. The van der Waals surface area contributed by atoms with Crippen LogP contribution >= 0.6 is 0 Å². The van der Waals surface area contributed by atoms with Gasteiger partial charge < -0.3 is 14.6 Å². The number of rotatable bonds is 6. The minimum atomic E-state index is 0.281. The fraction of sp³-hybridized carbons (Fsp3) is 0.400. The lowest BCUT2D eigenvalue weighted by molar-refractivity contribution is 0.413. The van der Waals surface area contributed by atoms with Crippen LogP contribution in [0.4, 0.5) is 0 Å². The van der Waals surface area contributed by atoms with Crippen LogP contribution in [0.3, 0.4) is 0 Å². The molecule has 1 unspecified atom stereocenters. The highest BCUT2D eigenvalue weighted by Crippen LogP contribution is 2.19. The maximum atomic E-state index is 5.20. The number of hydrogen-bond donors (Lipinski definition) is 1. The Hall–Kier alpha value is -1.81. The van der Waals surface area contributed by atoms with Crippen LogP contribution in [-0.4, -0.2) is 23.2 Å². The van der Waals surface area contributed by atoms with Gasteiger partial charge in [0.05, 0.1) is 13.2 Å². The van der Waals surface area contributed by atoms with Crippen molar-refractivity contribution in [3.05, 3.63) is 48.0 Å². The average Bonchev–Trinajstić information content (AvgIpc) is 2.84. The molecule has 0 saturated heterocycles. The summed E-state index contributed by atoms with van der Waals surface area (Å²) in [6.07, 6.45) is 3.86. The minimum Gasteiger partial charge on any atom is -0.497 e. The molecule has 4 nitrogen and oxygen atoms in total. The van der Waals surface area contributed by atoms with E-state index in [0.29, 0.717) is 0 Å². The molecule has 1 N–H and O–H groups in total. The van der Waals surface area contributed by atoms with Gasteiger partial charge in [-0.25, -0.2) is 4.98 Å². The summed E-state index contributed by atoms with van der Waals surface area (Å²) in [5.41, 5.74) is 1.26. The molecule has 0 bridgehead atoms. The second kappa shape index (κ2) is 6.38. The standard InChI is InChI=1S/C15H21N3O/c1-4-16-15(11-18-10-9-17-12(18)2)13-5-7-14(19-3)8-6-13/h5-10,15-16H,4,11H2,1-3H3. The Morgan fingerprint density at radius 1 is 1.32 bits per heavy atom. The first kappa shape index (κ1) is 13.6. The van der Waals surface area contributed by atoms with Gasteiger partial charge in [0.2, 0.25) is 0 Å². The monoisotopic (exact) mass is 259 g/mol. The summed E-state index contributed by atoms with van der Waals surface area (Å²) in [7, 11) is 1.69. The van der Waals surface area contributed by atoms with Gasteiger partial charge in [-0.05, 0) is 31.2 Å². The SMILES string of the molecule is CCNC(Cn1ccnc1C)c1ccc(OC)cc1. The molecule has 2 rings (SSSR count). The number of aryl methyl sites for hydroxylation is 1. The Labute approximate surface area is 114 Å². The van der Waals surface area contributed by atoms with Gasteiger partial charge in [0.1, 0.15) is 11.6 Å². The average molecular weight is 259 g/mol. The van der Waals surface area contributed by atoms with Crippen molar-refractivity contribution in [2.24, 2.45) is 0 Å². The van der Waals surface area contributed by atoms with E-state index in [1.165, 1.54) is 5.56 Å². The van der Waals surface area contributed by atoms with Crippen LogP contribution in [0.1, 0.15) is 24.4 Å². The van der Waals surface area contributed by atoms with Gasteiger partial charge >= 0.3 is 0 Å². The Bertz CT molecular complexity index is 504. The topological polar surface area (TPSA) is 39.1 Å². The maximum absolute atomic E-state index is 5.20. The Morgan fingerprint density at radius 2 is 2.05 bits per heavy atom. The van der Waals surface area contributed by atoms with Gasteiger partial charge in [0, 0.05) is 18.9 Å². The molecule has 0 spiro atoms. The van der Waals surface area contributed by atoms with E-state index < -0.39 is 0 Å². The summed E-state index contributed by atoms with van der Waals surface area (Å²) < 4.78 is 7.36. The van der Waals surface area contributed by atoms with E-state index in [1.807, 2.05) is 31.5 Å². The first-order chi connectivity index (χ1) is 9.24. The summed E-state index contributed by atoms with van der Waals surface area (Å²) in [5, 5.41) is 3.51. The number of ether oxygens (including phenoxy) is 1. The number of nitrogens with zero attached hydrogens (tertiary/aromatic N) is 2. The molecule has 0 saturated carbocycles. The van der Waals surface area contributed by atoms with Crippen LogP contribution in [-0.2, 0) is 6.54 Å². The van der Waals surface area contributed by atoms with Crippen molar-refractivity contribution in [3.8, 4) is 5.75 Å². The molecule has 0 aliphatic heterocycles. The van der Waals surface area contributed by atoms with Crippen molar-refractivity contribution < 1.29 is 4.74 Å². The van der Waals surface area contributed by atoms with Gasteiger partial charge in [-0.2, -0.15) is 0 Å². The second-order valence-electron chi connectivity index (χ2n) is 4.51. The number of methoxy groups -OCH3 is 1. The summed E-state index contributed by atoms with van der Waals surface area (Å²) in [4.78, 5) is 4.27. The van der Waals surface area contributed by atoms with E-state index in [2.05, 4.69) is 33.9 Å². The Kier molecular flexibility index (Phi) is 4.58. The lowest BCUT2D eigenvalue weighted by atomic mass is 10.1. The molecule has 2 aromatic rings. The lowest BCUT2D eigenvalue weighted by Crippen LogP contribution is -2.25. The van der Waals surface area contributed by atoms with E-state index >= 15 is 0 Å². The molecule has 1 aromatic heterocycles. The number of imidazole rings is 1. The van der Waals surface area contributed by atoms with E-state index in [1.54, 1.807) is 7.11 Å². The molecule has 1 aromatic carbocycles. The summed E-state index contributed by atoms with van der Waals surface area (Å²) in [6, 6.07) is 8.50. The number of hydrogen-bond acceptors (Lipinski definition) is 3. The summed E-state index contributed by atoms with van der Waals surface area (Å²) in [5.74, 6) is 1.93. The number of benzene rings is 1. The number of likely N-dealkylation sites (N-methyl/N-ethyl adjacent to an activating group) is 1. The van der Waals surface area contributed by atoms with Crippen molar-refractivity contribution in [1.29, 1.82) is 0 Å². The highest BCUT2D eigenvalue weighted by Gasteiger charge is 2.12. The third-order valence-electron chi connectivity index (χ3n) is 3.27. The highest BCUT2D eigenvalue weighted by atomic mass is 16.5. The third kappa shape index (κ3) is 3.35. The zero-order chi connectivity index (χ0) is 13.7. The molecule has 0 aliphatic rings. The van der Waals surface area contributed by atoms with Crippen LogP contribution in [0.5, 0.6) is 5.75 Å². The molecule has 1 heterocycles. The fourth-order valence-electron chi connectivity index (χ4n) is 2.16. The lowest BCUT2D eigenvalue weighted by Gasteiger charge is -2.20. The van der Waals surface area contributed by atoms with Crippen LogP contribution in [0.25, 0.3) is 0 Å². The first-order valence-corrected chi connectivity index (χ1v) is 6.59. The molecule has 0 aliphatic carbocycles. The third-order valence-corrected chi connectivity index (χ3v) is 3.27. The fourth-order valence-corrected chi connectivity index (χ4v) is 2.16. The van der Waals surface area contributed by atoms with Crippen molar-refractivity contribution in [2.45, 2.75) is 26.4 Å². The Morgan fingerprint density at radius 3 is 2.58 bits per heavy atom. The van der Waals surface area contributed by atoms with Crippen LogP contribution in [0, 0.1) is 6.92 Å². The molecular formula is C15H21N3O. The summed E-state index contributed by atoms with van der Waals surface area (Å²) in [6.45, 7) is 5.96. The van der Waals surface area contributed by atoms with Crippen molar-refractivity contribution in [2.75, 3.05) is 13.7 Å². The van der Waals surface area contributed by atoms with Crippen molar-refractivity contribution in [1.82, 2.24) is 14.9 Å². The van der Waals surface area contributed by atoms with E-state index in [-0.39, 0.29) is 6.04 Å². The van der Waals surface area contributed by atoms with Crippen molar-refractivity contribution in [3.63, 3.8) is 0 Å². The van der Waals surface area contributed by atoms with E-state index in [9.17, 15) is 0 Å². The Balaban J connectivity index is 2.16. The van der Waals surface area contributed by atoms with E-state index in [4.69, 9.17) is 4.74 Å².